The zero-order valence-corrected chi connectivity index (χ0v) is 19.3. The normalized spacial score (nSPS) is 16.2. The molecule has 1 saturated heterocycles. The van der Waals surface area contributed by atoms with E-state index in [1.807, 2.05) is 49.7 Å². The smallest absolute Gasteiger partial charge is 0.410 e. The van der Waals surface area contributed by atoms with E-state index in [9.17, 15) is 4.79 Å². The van der Waals surface area contributed by atoms with Crippen molar-refractivity contribution in [1.82, 2.24) is 39.4 Å². The predicted molar refractivity (Wildman–Crippen MR) is 123 cm³/mol. The second-order valence-corrected chi connectivity index (χ2v) is 9.26. The largest absolute Gasteiger partial charge is 0.444 e. The second-order valence-electron chi connectivity index (χ2n) is 9.26. The first-order valence-corrected chi connectivity index (χ1v) is 11.1. The van der Waals surface area contributed by atoms with Crippen molar-refractivity contribution >= 4 is 17.1 Å². The molecule has 34 heavy (non-hydrogen) atoms. The summed E-state index contributed by atoms with van der Waals surface area (Å²) in [6.07, 6.45) is 6.92. The molecule has 0 aliphatic carbocycles. The molecule has 11 heteroatoms. The first-order chi connectivity index (χ1) is 16.4. The Balaban J connectivity index is 1.27. The van der Waals surface area contributed by atoms with Crippen LogP contribution in [-0.2, 0) is 11.3 Å². The molecule has 11 nitrogen and oxygen atoms in total. The maximum Gasteiger partial charge on any atom is 0.410 e. The number of likely N-dealkylation sites (tertiary alicyclic amines) is 1. The van der Waals surface area contributed by atoms with Gasteiger partial charge in [-0.2, -0.15) is 10.2 Å². The quantitative estimate of drug-likeness (QED) is 0.443. The average molecular weight is 463 g/mol. The second kappa shape index (κ2) is 8.73. The van der Waals surface area contributed by atoms with Crippen molar-refractivity contribution in [3.63, 3.8) is 0 Å². The van der Waals surface area contributed by atoms with Gasteiger partial charge in [0.2, 0.25) is 5.88 Å². The van der Waals surface area contributed by atoms with Crippen LogP contribution in [0.5, 0.6) is 11.6 Å². The van der Waals surface area contributed by atoms with Gasteiger partial charge in [-0.3, -0.25) is 0 Å². The number of amides is 1. The van der Waals surface area contributed by atoms with Crippen LogP contribution in [0.1, 0.15) is 27.2 Å². The molecular formula is C23H26N8O3. The first-order valence-electron chi connectivity index (χ1n) is 11.1. The first kappa shape index (κ1) is 21.8. The van der Waals surface area contributed by atoms with Crippen molar-refractivity contribution in [2.24, 2.45) is 5.92 Å². The van der Waals surface area contributed by atoms with Crippen LogP contribution in [0.3, 0.4) is 0 Å². The van der Waals surface area contributed by atoms with Gasteiger partial charge in [-0.25, -0.2) is 29.1 Å². The van der Waals surface area contributed by atoms with Crippen LogP contribution in [-0.4, -0.2) is 64.2 Å². The van der Waals surface area contributed by atoms with Crippen LogP contribution in [0.2, 0.25) is 0 Å². The van der Waals surface area contributed by atoms with E-state index in [-0.39, 0.29) is 12.0 Å². The molecular weight excluding hydrogens is 436 g/mol. The molecule has 1 aromatic carbocycles. The zero-order valence-electron chi connectivity index (χ0n) is 19.3. The number of hydrogen-bond acceptors (Lipinski definition) is 8. The summed E-state index contributed by atoms with van der Waals surface area (Å²) in [5.41, 5.74) is 1.07. The fourth-order valence-electron chi connectivity index (χ4n) is 3.93. The molecule has 1 unspecified atom stereocenters. The number of nitrogens with zero attached hydrogens (tertiary/aromatic N) is 8. The maximum atomic E-state index is 12.4. The summed E-state index contributed by atoms with van der Waals surface area (Å²) < 4.78 is 15.0. The monoisotopic (exact) mass is 462 g/mol. The van der Waals surface area contributed by atoms with Crippen LogP contribution >= 0.6 is 0 Å². The van der Waals surface area contributed by atoms with E-state index >= 15 is 0 Å². The topological polar surface area (TPSA) is 113 Å². The molecule has 5 rings (SSSR count). The number of aromatic nitrogens is 7. The summed E-state index contributed by atoms with van der Waals surface area (Å²) in [4.78, 5) is 26.8. The highest BCUT2D eigenvalue weighted by Gasteiger charge is 2.30. The SMILES string of the molecule is CC(C)(C)OC(=O)N1CCC(Cn2ncc3c(Oc4ccc(-n5cncn5)cc4)ncnc32)C1. The summed E-state index contributed by atoms with van der Waals surface area (Å²) in [7, 11) is 0. The minimum atomic E-state index is -0.503. The van der Waals surface area contributed by atoms with E-state index in [0.29, 0.717) is 36.9 Å². The van der Waals surface area contributed by atoms with Crippen LogP contribution < -0.4 is 4.74 Å². The average Bonchev–Trinajstić information content (AvgIpc) is 3.56. The van der Waals surface area contributed by atoms with Crippen LogP contribution in [0.15, 0.2) is 49.4 Å². The molecule has 1 amide bonds. The lowest BCUT2D eigenvalue weighted by atomic mass is 10.1. The zero-order chi connectivity index (χ0) is 23.7. The third-order valence-electron chi connectivity index (χ3n) is 5.50. The molecule has 1 fully saturated rings. The summed E-state index contributed by atoms with van der Waals surface area (Å²) in [6.45, 7) is 7.57. The van der Waals surface area contributed by atoms with Crippen molar-refractivity contribution < 1.29 is 14.3 Å². The third-order valence-corrected chi connectivity index (χ3v) is 5.50. The van der Waals surface area contributed by atoms with Gasteiger partial charge >= 0.3 is 6.09 Å². The van der Waals surface area contributed by atoms with Gasteiger partial charge in [0.05, 0.1) is 11.9 Å². The van der Waals surface area contributed by atoms with Gasteiger partial charge in [0.15, 0.2) is 5.65 Å². The Hall–Kier alpha value is -4.02. The number of fused-ring (bicyclic) bond motifs is 1. The van der Waals surface area contributed by atoms with E-state index in [1.165, 1.54) is 12.7 Å². The molecule has 1 aliphatic rings. The Morgan fingerprint density at radius 1 is 1.12 bits per heavy atom. The van der Waals surface area contributed by atoms with E-state index in [0.717, 1.165) is 17.5 Å². The van der Waals surface area contributed by atoms with Crippen LogP contribution in [0, 0.1) is 5.92 Å². The highest BCUT2D eigenvalue weighted by Crippen LogP contribution is 2.28. The van der Waals surface area contributed by atoms with E-state index in [1.54, 1.807) is 22.1 Å². The Kier molecular flexibility index (Phi) is 5.60. The summed E-state index contributed by atoms with van der Waals surface area (Å²) >= 11 is 0. The van der Waals surface area contributed by atoms with Crippen molar-refractivity contribution in [1.29, 1.82) is 0 Å². The minimum absolute atomic E-state index is 0.263. The molecule has 4 aromatic rings. The summed E-state index contributed by atoms with van der Waals surface area (Å²) in [5.74, 6) is 1.34. The fraction of sp³-hybridized carbons (Fsp3) is 0.391. The molecule has 176 valence electrons. The lowest BCUT2D eigenvalue weighted by Gasteiger charge is -2.24. The standard InChI is InChI=1S/C23H26N8O3/c1-23(2,3)34-22(32)29-9-8-16(11-29)12-30-20-19(10-27-30)21(26-14-25-20)33-18-6-4-17(5-7-18)31-15-24-13-28-31/h4-7,10,13-16H,8-9,11-12H2,1-3H3. The molecule has 0 radical (unpaired) electrons. The van der Waals surface area contributed by atoms with Gasteiger partial charge in [0.1, 0.15) is 35.7 Å². The van der Waals surface area contributed by atoms with Crippen molar-refractivity contribution in [3.8, 4) is 17.3 Å². The lowest BCUT2D eigenvalue weighted by molar-refractivity contribution is 0.0287. The fourth-order valence-corrected chi connectivity index (χ4v) is 3.93. The molecule has 0 saturated carbocycles. The van der Waals surface area contributed by atoms with Gasteiger partial charge in [-0.1, -0.05) is 0 Å². The number of benzene rings is 1. The Morgan fingerprint density at radius 3 is 2.68 bits per heavy atom. The molecule has 0 spiro atoms. The minimum Gasteiger partial charge on any atom is -0.444 e. The van der Waals surface area contributed by atoms with Crippen LogP contribution in [0.25, 0.3) is 16.7 Å². The van der Waals surface area contributed by atoms with Crippen molar-refractivity contribution in [3.05, 3.63) is 49.4 Å². The molecule has 3 aromatic heterocycles. The Bertz CT molecular complexity index is 1280. The number of rotatable bonds is 5. The lowest BCUT2D eigenvalue weighted by Crippen LogP contribution is -2.35. The predicted octanol–water partition coefficient (Wildman–Crippen LogP) is 3.46. The summed E-state index contributed by atoms with van der Waals surface area (Å²) in [5, 5.41) is 9.37. The molecule has 1 atom stereocenters. The molecule has 0 N–H and O–H groups in total. The van der Waals surface area contributed by atoms with Gasteiger partial charge in [-0.05, 0) is 57.4 Å². The van der Waals surface area contributed by atoms with Gasteiger partial charge in [0.25, 0.3) is 0 Å². The van der Waals surface area contributed by atoms with Gasteiger partial charge in [0, 0.05) is 19.6 Å². The molecule has 0 bridgehead atoms. The van der Waals surface area contributed by atoms with E-state index in [2.05, 4.69) is 25.1 Å². The highest BCUT2D eigenvalue weighted by atomic mass is 16.6. The third kappa shape index (κ3) is 4.68. The molecule has 1 aliphatic heterocycles. The maximum absolute atomic E-state index is 12.4. The van der Waals surface area contributed by atoms with E-state index in [4.69, 9.17) is 9.47 Å². The summed E-state index contributed by atoms with van der Waals surface area (Å²) in [6, 6.07) is 7.48. The Labute approximate surface area is 196 Å². The van der Waals surface area contributed by atoms with Gasteiger partial charge in [-0.15, -0.1) is 0 Å². The number of carbonyl (C=O) groups is 1. The van der Waals surface area contributed by atoms with Crippen molar-refractivity contribution in [2.75, 3.05) is 13.1 Å². The molecule has 4 heterocycles. The van der Waals surface area contributed by atoms with E-state index < -0.39 is 5.60 Å². The van der Waals surface area contributed by atoms with Gasteiger partial charge < -0.3 is 14.4 Å². The number of carbonyl (C=O) groups excluding carboxylic acids is 1. The highest BCUT2D eigenvalue weighted by molar-refractivity contribution is 5.80. The number of hydrogen-bond donors (Lipinski definition) is 0. The Morgan fingerprint density at radius 2 is 1.94 bits per heavy atom. The van der Waals surface area contributed by atoms with Crippen LogP contribution in [0.4, 0.5) is 4.79 Å². The van der Waals surface area contributed by atoms with Crippen molar-refractivity contribution in [2.45, 2.75) is 39.3 Å². The number of ether oxygens (including phenoxy) is 2.